The van der Waals surface area contributed by atoms with E-state index in [4.69, 9.17) is 0 Å². The fourth-order valence-electron chi connectivity index (χ4n) is 4.39. The highest BCUT2D eigenvalue weighted by molar-refractivity contribution is 5.94. The van der Waals surface area contributed by atoms with Crippen molar-refractivity contribution in [2.24, 2.45) is 0 Å². The van der Waals surface area contributed by atoms with E-state index in [9.17, 15) is 28.0 Å². The number of carbonyl (C=O) groups excluding carboxylic acids is 4. The zero-order chi connectivity index (χ0) is 26.8. The number of benzene rings is 1. The zero-order valence-electron chi connectivity index (χ0n) is 21.4. The highest BCUT2D eigenvalue weighted by Crippen LogP contribution is 2.29. The Morgan fingerprint density at radius 3 is 2.39 bits per heavy atom. The first kappa shape index (κ1) is 29.2. The van der Waals surface area contributed by atoms with Crippen molar-refractivity contribution < 1.29 is 28.0 Å². The molecule has 0 aromatic heterocycles. The molecule has 0 bridgehead atoms. The standard InChI is InChI=1S/C23H31F2N5O4.C2H6/c1-14(26-2)21(32)28-18-13-29(20(31)11-24)10-9-17-7-8-19(30(17)23(18)34)22(33)27-12-15-3-5-16(25)6-4-15;1-2/h3-6,14,17-19,26H,7-13H2,1-2H3,(H,27,33)(H,28,32);1-2H3/t14-,17+,18-,19-;/m0./s1. The number of alkyl halides is 1. The first-order valence-electron chi connectivity index (χ1n) is 12.4. The lowest BCUT2D eigenvalue weighted by atomic mass is 10.1. The third kappa shape index (κ3) is 7.22. The minimum Gasteiger partial charge on any atom is -0.350 e. The average Bonchev–Trinajstić information content (AvgIpc) is 3.32. The van der Waals surface area contributed by atoms with Gasteiger partial charge in [-0.25, -0.2) is 8.78 Å². The first-order chi connectivity index (χ1) is 17.2. The van der Waals surface area contributed by atoms with Crippen LogP contribution in [0.2, 0.25) is 0 Å². The van der Waals surface area contributed by atoms with E-state index in [0.29, 0.717) is 19.3 Å². The molecule has 2 fully saturated rings. The van der Waals surface area contributed by atoms with Crippen molar-refractivity contribution in [1.82, 2.24) is 25.8 Å². The molecule has 2 aliphatic heterocycles. The van der Waals surface area contributed by atoms with Gasteiger partial charge in [-0.2, -0.15) is 0 Å². The molecule has 11 heteroatoms. The summed E-state index contributed by atoms with van der Waals surface area (Å²) < 4.78 is 26.2. The van der Waals surface area contributed by atoms with E-state index in [0.717, 1.165) is 5.56 Å². The summed E-state index contributed by atoms with van der Waals surface area (Å²) in [7, 11) is 1.60. The Morgan fingerprint density at radius 2 is 1.78 bits per heavy atom. The Morgan fingerprint density at radius 1 is 1.11 bits per heavy atom. The summed E-state index contributed by atoms with van der Waals surface area (Å²) in [6.07, 6.45) is 1.38. The molecule has 1 aromatic carbocycles. The Kier molecular flexibility index (Phi) is 11.2. The van der Waals surface area contributed by atoms with Crippen molar-refractivity contribution in [2.75, 3.05) is 26.8 Å². The Bertz CT molecular complexity index is 914. The SMILES string of the molecule is CC.CN[C@@H](C)C(=O)N[C@H]1CN(C(=O)CF)CC[C@H]2CC[C@@H](C(=O)NCc3ccc(F)cc3)N2C1=O. The molecule has 2 aliphatic rings. The fraction of sp³-hybridized carbons (Fsp3) is 0.600. The summed E-state index contributed by atoms with van der Waals surface area (Å²) >= 11 is 0. The molecule has 3 N–H and O–H groups in total. The van der Waals surface area contributed by atoms with Gasteiger partial charge in [-0.3, -0.25) is 19.2 Å². The lowest BCUT2D eigenvalue weighted by Gasteiger charge is -2.38. The second kappa shape index (κ2) is 13.9. The smallest absolute Gasteiger partial charge is 0.254 e. The van der Waals surface area contributed by atoms with Gasteiger partial charge in [-0.1, -0.05) is 26.0 Å². The van der Waals surface area contributed by atoms with Crippen LogP contribution in [0, 0.1) is 5.82 Å². The quantitative estimate of drug-likeness (QED) is 0.510. The number of hydrogen-bond donors (Lipinski definition) is 3. The molecule has 3 rings (SSSR count). The third-order valence-corrected chi connectivity index (χ3v) is 6.48. The molecular weight excluding hydrogens is 472 g/mol. The Hall–Kier alpha value is -3.08. The van der Waals surface area contributed by atoms with Gasteiger partial charge >= 0.3 is 0 Å². The molecule has 0 saturated carbocycles. The molecule has 4 atom stereocenters. The van der Waals surface area contributed by atoms with E-state index in [1.54, 1.807) is 26.1 Å². The highest BCUT2D eigenvalue weighted by Gasteiger charge is 2.45. The summed E-state index contributed by atoms with van der Waals surface area (Å²) in [4.78, 5) is 53.9. The molecule has 200 valence electrons. The largest absolute Gasteiger partial charge is 0.350 e. The average molecular weight is 510 g/mol. The summed E-state index contributed by atoms with van der Waals surface area (Å²) in [5.41, 5.74) is 0.717. The first-order valence-corrected chi connectivity index (χ1v) is 12.4. The molecule has 4 amide bonds. The monoisotopic (exact) mass is 509 g/mol. The van der Waals surface area contributed by atoms with Crippen LogP contribution in [-0.4, -0.2) is 84.4 Å². The van der Waals surface area contributed by atoms with Crippen molar-refractivity contribution in [3.8, 4) is 0 Å². The number of carbonyl (C=O) groups is 4. The maximum absolute atomic E-state index is 13.5. The molecule has 1 aromatic rings. The predicted octanol–water partition coefficient (Wildman–Crippen LogP) is 1.12. The van der Waals surface area contributed by atoms with E-state index >= 15 is 0 Å². The van der Waals surface area contributed by atoms with Gasteiger partial charge in [-0.15, -0.1) is 0 Å². The molecule has 0 spiro atoms. The fourth-order valence-corrected chi connectivity index (χ4v) is 4.39. The molecule has 2 heterocycles. The minimum absolute atomic E-state index is 0.170. The van der Waals surface area contributed by atoms with Gasteiger partial charge in [0.1, 0.15) is 17.9 Å². The van der Waals surface area contributed by atoms with Crippen molar-refractivity contribution in [3.63, 3.8) is 0 Å². The van der Waals surface area contributed by atoms with E-state index in [1.165, 1.54) is 21.9 Å². The van der Waals surface area contributed by atoms with Gasteiger partial charge in [0.2, 0.25) is 17.7 Å². The summed E-state index contributed by atoms with van der Waals surface area (Å²) in [5, 5.41) is 8.24. The number of likely N-dealkylation sites (N-methyl/N-ethyl adjacent to an activating group) is 1. The maximum Gasteiger partial charge on any atom is 0.254 e. The lowest BCUT2D eigenvalue weighted by molar-refractivity contribution is -0.147. The van der Waals surface area contributed by atoms with Crippen LogP contribution in [0.1, 0.15) is 45.6 Å². The number of fused-ring (bicyclic) bond motifs is 1. The molecule has 2 saturated heterocycles. The van der Waals surface area contributed by atoms with E-state index in [-0.39, 0.29) is 37.4 Å². The molecular formula is C25H37F2N5O4. The van der Waals surface area contributed by atoms with Crippen molar-refractivity contribution >= 4 is 23.6 Å². The van der Waals surface area contributed by atoms with Crippen molar-refractivity contribution in [1.29, 1.82) is 0 Å². The summed E-state index contributed by atoms with van der Waals surface area (Å²) in [5.74, 6) is -2.37. The van der Waals surface area contributed by atoms with Gasteiger partial charge in [0.25, 0.3) is 5.91 Å². The maximum atomic E-state index is 13.5. The minimum atomic E-state index is -1.19. The van der Waals surface area contributed by atoms with Gasteiger partial charge < -0.3 is 25.8 Å². The molecule has 0 unspecified atom stereocenters. The highest BCUT2D eigenvalue weighted by atomic mass is 19.1. The van der Waals surface area contributed by atoms with Gasteiger partial charge in [-0.05, 0) is 50.9 Å². The molecule has 36 heavy (non-hydrogen) atoms. The van der Waals surface area contributed by atoms with E-state index in [2.05, 4.69) is 16.0 Å². The number of halogens is 2. The van der Waals surface area contributed by atoms with E-state index < -0.39 is 42.5 Å². The van der Waals surface area contributed by atoms with Gasteiger partial charge in [0.05, 0.1) is 6.04 Å². The third-order valence-electron chi connectivity index (χ3n) is 6.48. The summed E-state index contributed by atoms with van der Waals surface area (Å²) in [6.45, 7) is 4.66. The van der Waals surface area contributed by atoms with Crippen LogP contribution in [0.25, 0.3) is 0 Å². The summed E-state index contributed by atoms with van der Waals surface area (Å²) in [6, 6.07) is 3.00. The van der Waals surface area contributed by atoms with Crippen LogP contribution in [0.5, 0.6) is 0 Å². The van der Waals surface area contributed by atoms with Gasteiger partial charge in [0, 0.05) is 25.7 Å². The van der Waals surface area contributed by atoms with Crippen molar-refractivity contribution in [3.05, 3.63) is 35.6 Å². The van der Waals surface area contributed by atoms with Crippen LogP contribution in [0.15, 0.2) is 24.3 Å². The topological polar surface area (TPSA) is 111 Å². The number of nitrogens with zero attached hydrogens (tertiary/aromatic N) is 2. The van der Waals surface area contributed by atoms with Crippen LogP contribution in [0.3, 0.4) is 0 Å². The molecule has 0 radical (unpaired) electrons. The van der Waals surface area contributed by atoms with Crippen molar-refractivity contribution in [2.45, 2.75) is 70.7 Å². The predicted molar refractivity (Wildman–Crippen MR) is 131 cm³/mol. The normalized spacial score (nSPS) is 22.4. The zero-order valence-corrected chi connectivity index (χ0v) is 21.4. The van der Waals surface area contributed by atoms with Crippen LogP contribution in [0.4, 0.5) is 8.78 Å². The Labute approximate surface area is 211 Å². The van der Waals surface area contributed by atoms with Crippen LogP contribution < -0.4 is 16.0 Å². The number of hydrogen-bond acceptors (Lipinski definition) is 5. The molecule has 0 aliphatic carbocycles. The second-order valence-electron chi connectivity index (χ2n) is 8.67. The lowest BCUT2D eigenvalue weighted by Crippen LogP contribution is -2.62. The number of amides is 4. The number of rotatable bonds is 7. The number of nitrogens with one attached hydrogen (secondary N) is 3. The van der Waals surface area contributed by atoms with Gasteiger partial charge in [0.15, 0.2) is 6.67 Å². The Balaban J connectivity index is 0.00000222. The van der Waals surface area contributed by atoms with Crippen LogP contribution in [-0.2, 0) is 25.7 Å². The second-order valence-corrected chi connectivity index (χ2v) is 8.67. The van der Waals surface area contributed by atoms with Crippen LogP contribution >= 0.6 is 0 Å². The van der Waals surface area contributed by atoms with E-state index in [1.807, 2.05) is 13.8 Å². The molecule has 9 nitrogen and oxygen atoms in total.